The molecule has 0 aliphatic rings. The lowest BCUT2D eigenvalue weighted by atomic mass is 10.1. The monoisotopic (exact) mass is 396 g/mol. The van der Waals surface area contributed by atoms with E-state index in [0.717, 1.165) is 4.90 Å². The van der Waals surface area contributed by atoms with Crippen molar-refractivity contribution >= 4 is 38.4 Å². The van der Waals surface area contributed by atoms with Crippen molar-refractivity contribution in [3.63, 3.8) is 0 Å². The van der Waals surface area contributed by atoms with Gasteiger partial charge in [0, 0.05) is 30.5 Å². The van der Waals surface area contributed by atoms with E-state index in [1.54, 1.807) is 49.4 Å². The molecule has 0 radical (unpaired) electrons. The van der Waals surface area contributed by atoms with Crippen molar-refractivity contribution in [2.75, 3.05) is 0 Å². The number of para-hydroxylation sites is 1. The fraction of sp³-hybridized carbons (Fsp3) is 0.143. The maximum Gasteiger partial charge on any atom is 0.268 e. The van der Waals surface area contributed by atoms with Crippen LogP contribution in [-0.4, -0.2) is 29.1 Å². The smallest absolute Gasteiger partial charge is 0.268 e. The third-order valence-electron chi connectivity index (χ3n) is 4.53. The lowest BCUT2D eigenvalue weighted by Gasteiger charge is -2.20. The number of benzene rings is 2. The Balaban J connectivity index is 2.35. The fourth-order valence-electron chi connectivity index (χ4n) is 3.42. The molecule has 0 spiro atoms. The molecule has 1 aromatic heterocycles. The molecule has 6 nitrogen and oxygen atoms in total. The van der Waals surface area contributed by atoms with Crippen LogP contribution >= 0.6 is 0 Å². The zero-order chi connectivity index (χ0) is 20.6. The highest BCUT2D eigenvalue weighted by Gasteiger charge is 2.29. The number of hydrogen-bond donors (Lipinski definition) is 0. The molecule has 0 N–H and O–H groups in total. The molecule has 0 atom stereocenters. The molecule has 2 amide bonds. The van der Waals surface area contributed by atoms with Crippen LogP contribution in [0.4, 0.5) is 0 Å². The lowest BCUT2D eigenvalue weighted by molar-refractivity contribution is -0.137. The maximum atomic E-state index is 13.3. The Kier molecular flexibility index (Phi) is 4.95. The summed E-state index contributed by atoms with van der Waals surface area (Å²) in [4.78, 5) is 25.1. The van der Waals surface area contributed by atoms with Crippen molar-refractivity contribution in [1.29, 1.82) is 0 Å². The van der Waals surface area contributed by atoms with Gasteiger partial charge in [0.05, 0.1) is 16.1 Å². The second kappa shape index (κ2) is 7.09. The molecule has 0 saturated carbocycles. The molecule has 28 heavy (non-hydrogen) atoms. The molecule has 0 saturated heterocycles. The summed E-state index contributed by atoms with van der Waals surface area (Å²) in [6.45, 7) is 8.09. The van der Waals surface area contributed by atoms with Crippen LogP contribution in [0.2, 0.25) is 0 Å². The van der Waals surface area contributed by atoms with E-state index in [1.165, 1.54) is 30.0 Å². The maximum absolute atomic E-state index is 13.3. The topological polar surface area (TPSA) is 76.5 Å². The highest BCUT2D eigenvalue weighted by molar-refractivity contribution is 7.90. The Bertz CT molecular complexity index is 1190. The van der Waals surface area contributed by atoms with Gasteiger partial charge in [-0.05, 0) is 25.1 Å². The molecule has 0 bridgehead atoms. The van der Waals surface area contributed by atoms with Gasteiger partial charge in [0.15, 0.2) is 0 Å². The number of amides is 2. The molecule has 3 aromatic rings. The first kappa shape index (κ1) is 19.6. The minimum absolute atomic E-state index is 0.144. The highest BCUT2D eigenvalue weighted by Crippen LogP contribution is 2.35. The van der Waals surface area contributed by atoms with E-state index >= 15 is 0 Å². The van der Waals surface area contributed by atoms with E-state index < -0.39 is 21.8 Å². The molecule has 0 unspecified atom stereocenters. The van der Waals surface area contributed by atoms with Gasteiger partial charge in [-0.15, -0.1) is 0 Å². The van der Waals surface area contributed by atoms with Crippen molar-refractivity contribution in [3.8, 4) is 0 Å². The van der Waals surface area contributed by atoms with Gasteiger partial charge in [-0.2, -0.15) is 0 Å². The number of aromatic nitrogens is 1. The molecule has 3 rings (SSSR count). The number of nitrogens with zero attached hydrogens (tertiary/aromatic N) is 2. The summed E-state index contributed by atoms with van der Waals surface area (Å²) >= 11 is 0. The number of imide groups is 1. The minimum Gasteiger partial charge on any atom is -0.274 e. The molecule has 0 aliphatic heterocycles. The molecular formula is C21H20N2O4S. The van der Waals surface area contributed by atoms with Crippen LogP contribution in [0.5, 0.6) is 0 Å². The van der Waals surface area contributed by atoms with Gasteiger partial charge in [0.2, 0.25) is 11.8 Å². The number of rotatable bonds is 4. The molecule has 0 fully saturated rings. The van der Waals surface area contributed by atoms with Crippen LogP contribution < -0.4 is 0 Å². The van der Waals surface area contributed by atoms with Crippen LogP contribution in [-0.2, 0) is 19.6 Å². The Morgan fingerprint density at radius 1 is 0.929 bits per heavy atom. The van der Waals surface area contributed by atoms with Gasteiger partial charge < -0.3 is 0 Å². The van der Waals surface area contributed by atoms with Gasteiger partial charge in [-0.25, -0.2) is 12.4 Å². The van der Waals surface area contributed by atoms with Crippen molar-refractivity contribution in [2.24, 2.45) is 0 Å². The van der Waals surface area contributed by atoms with Crippen LogP contribution in [0.25, 0.3) is 16.6 Å². The normalized spacial score (nSPS) is 11.4. The second-order valence-corrected chi connectivity index (χ2v) is 8.17. The average Bonchev–Trinajstić information content (AvgIpc) is 2.94. The van der Waals surface area contributed by atoms with Crippen LogP contribution in [0.15, 0.2) is 66.1 Å². The molecule has 2 aromatic carbocycles. The van der Waals surface area contributed by atoms with E-state index in [0.29, 0.717) is 22.2 Å². The Morgan fingerprint density at radius 3 is 2.04 bits per heavy atom. The summed E-state index contributed by atoms with van der Waals surface area (Å²) < 4.78 is 27.9. The van der Waals surface area contributed by atoms with E-state index in [1.807, 2.05) is 0 Å². The quantitative estimate of drug-likeness (QED) is 0.676. The number of carbonyl (C=O) groups excluding carboxylic acids is 2. The molecule has 7 heteroatoms. The first-order valence-corrected chi connectivity index (χ1v) is 10.0. The van der Waals surface area contributed by atoms with Gasteiger partial charge >= 0.3 is 0 Å². The van der Waals surface area contributed by atoms with Gasteiger partial charge in [-0.3, -0.25) is 14.5 Å². The molecule has 0 aliphatic carbocycles. The van der Waals surface area contributed by atoms with Crippen LogP contribution in [0, 0.1) is 6.92 Å². The number of carbonyl (C=O) groups is 2. The summed E-state index contributed by atoms with van der Waals surface area (Å²) in [6.07, 6.45) is 0. The Hall–Kier alpha value is -3.19. The Morgan fingerprint density at radius 2 is 1.46 bits per heavy atom. The van der Waals surface area contributed by atoms with Crippen LogP contribution in [0.1, 0.15) is 25.1 Å². The predicted molar refractivity (Wildman–Crippen MR) is 108 cm³/mol. The standard InChI is InChI=1S/C21H20N2O4S/c1-14(22(16(3)24)17(4)25)21-15(2)23(20-13-9-8-12-19(20)21)28(26,27)18-10-6-5-7-11-18/h5-13H,1H2,2-4H3. The molecule has 144 valence electrons. The van der Waals surface area contributed by atoms with E-state index in [9.17, 15) is 18.0 Å². The first-order valence-electron chi connectivity index (χ1n) is 8.59. The van der Waals surface area contributed by atoms with Crippen molar-refractivity contribution in [3.05, 3.63) is 72.4 Å². The largest absolute Gasteiger partial charge is 0.274 e. The highest BCUT2D eigenvalue weighted by atomic mass is 32.2. The summed E-state index contributed by atoms with van der Waals surface area (Å²) in [5, 5.41) is 0.594. The second-order valence-electron chi connectivity index (χ2n) is 6.38. The van der Waals surface area contributed by atoms with Crippen molar-refractivity contribution in [1.82, 2.24) is 8.87 Å². The lowest BCUT2D eigenvalue weighted by Crippen LogP contribution is -2.31. The summed E-state index contributed by atoms with van der Waals surface area (Å²) in [6, 6.07) is 15.0. The van der Waals surface area contributed by atoms with Gasteiger partial charge in [0.25, 0.3) is 10.0 Å². The van der Waals surface area contributed by atoms with E-state index in [-0.39, 0.29) is 10.6 Å². The third-order valence-corrected chi connectivity index (χ3v) is 6.35. The van der Waals surface area contributed by atoms with Crippen LogP contribution in [0.3, 0.4) is 0 Å². The zero-order valence-electron chi connectivity index (χ0n) is 15.8. The SMILES string of the molecule is C=C(c1c(C)n(S(=O)(=O)c2ccccc2)c2ccccc12)N(C(C)=O)C(C)=O. The fourth-order valence-corrected chi connectivity index (χ4v) is 5.01. The summed E-state index contributed by atoms with van der Waals surface area (Å²) in [5.41, 5.74) is 1.42. The van der Waals surface area contributed by atoms with Crippen molar-refractivity contribution in [2.45, 2.75) is 25.7 Å². The number of fused-ring (bicyclic) bond motifs is 1. The number of hydrogen-bond acceptors (Lipinski definition) is 4. The molecular weight excluding hydrogens is 376 g/mol. The Labute approximate surface area is 163 Å². The summed E-state index contributed by atoms with van der Waals surface area (Å²) in [7, 11) is -3.89. The first-order chi connectivity index (χ1) is 13.2. The minimum atomic E-state index is -3.89. The zero-order valence-corrected chi connectivity index (χ0v) is 16.7. The van der Waals surface area contributed by atoms with Crippen molar-refractivity contribution < 1.29 is 18.0 Å². The summed E-state index contributed by atoms with van der Waals surface area (Å²) in [5.74, 6) is -0.973. The molecule has 1 heterocycles. The average molecular weight is 396 g/mol. The van der Waals surface area contributed by atoms with E-state index in [4.69, 9.17) is 0 Å². The van der Waals surface area contributed by atoms with Gasteiger partial charge in [-0.1, -0.05) is 43.0 Å². The third kappa shape index (κ3) is 3.03. The predicted octanol–water partition coefficient (Wildman–Crippen LogP) is 3.55. The van der Waals surface area contributed by atoms with E-state index in [2.05, 4.69) is 6.58 Å². The van der Waals surface area contributed by atoms with Gasteiger partial charge in [0.1, 0.15) is 0 Å².